The Bertz CT molecular complexity index is 400. The third-order valence-electron chi connectivity index (χ3n) is 1.65. The van der Waals surface area contributed by atoms with Gasteiger partial charge in [0, 0.05) is 11.6 Å². The zero-order valence-corrected chi connectivity index (χ0v) is 7.91. The predicted octanol–water partition coefficient (Wildman–Crippen LogP) is 2.07. The first kappa shape index (κ1) is 11.7. The van der Waals surface area contributed by atoms with E-state index < -0.39 is 34.4 Å². The minimum atomic E-state index is -2.95. The standard InChI is InChI=1S/C7H5ClF2N2O3/c8-6-5(12(14)15)1-3(7(9)10)4(2-13)11-6/h1,7,13H,2H2. The summed E-state index contributed by atoms with van der Waals surface area (Å²) in [6, 6.07) is 0.617. The van der Waals surface area contributed by atoms with E-state index in [1.807, 2.05) is 0 Å². The highest BCUT2D eigenvalue weighted by Crippen LogP contribution is 2.30. The number of nitrogens with zero attached hydrogens (tertiary/aromatic N) is 2. The molecule has 0 aliphatic carbocycles. The molecule has 0 atom stereocenters. The molecule has 0 aromatic carbocycles. The lowest BCUT2D eigenvalue weighted by atomic mass is 10.2. The van der Waals surface area contributed by atoms with E-state index in [4.69, 9.17) is 16.7 Å². The van der Waals surface area contributed by atoms with Gasteiger partial charge in [0.15, 0.2) is 0 Å². The van der Waals surface area contributed by atoms with Crippen molar-refractivity contribution in [2.45, 2.75) is 13.0 Å². The van der Waals surface area contributed by atoms with E-state index in [2.05, 4.69) is 4.98 Å². The molecule has 5 nitrogen and oxygen atoms in total. The van der Waals surface area contributed by atoms with Gasteiger partial charge in [-0.15, -0.1) is 0 Å². The summed E-state index contributed by atoms with van der Waals surface area (Å²) in [5.74, 6) is 0. The highest BCUT2D eigenvalue weighted by Gasteiger charge is 2.22. The van der Waals surface area contributed by atoms with E-state index in [1.54, 1.807) is 0 Å². The Morgan fingerprint density at radius 3 is 2.67 bits per heavy atom. The maximum atomic E-state index is 12.4. The molecule has 0 unspecified atom stereocenters. The van der Waals surface area contributed by atoms with Gasteiger partial charge in [-0.25, -0.2) is 13.8 Å². The van der Waals surface area contributed by atoms with E-state index in [9.17, 15) is 18.9 Å². The lowest BCUT2D eigenvalue weighted by molar-refractivity contribution is -0.385. The number of rotatable bonds is 3. The third-order valence-corrected chi connectivity index (χ3v) is 1.93. The molecular formula is C7H5ClF2N2O3. The van der Waals surface area contributed by atoms with Gasteiger partial charge in [-0.3, -0.25) is 10.1 Å². The summed E-state index contributed by atoms with van der Waals surface area (Å²) in [5.41, 5.74) is -1.75. The van der Waals surface area contributed by atoms with Crippen molar-refractivity contribution in [3.05, 3.63) is 32.6 Å². The van der Waals surface area contributed by atoms with Gasteiger partial charge in [-0.05, 0) is 0 Å². The number of aliphatic hydroxyl groups excluding tert-OH is 1. The van der Waals surface area contributed by atoms with Crippen LogP contribution in [-0.2, 0) is 6.61 Å². The topological polar surface area (TPSA) is 76.3 Å². The van der Waals surface area contributed by atoms with Gasteiger partial charge < -0.3 is 5.11 Å². The van der Waals surface area contributed by atoms with Crippen molar-refractivity contribution >= 4 is 17.3 Å². The second kappa shape index (κ2) is 4.45. The van der Waals surface area contributed by atoms with E-state index >= 15 is 0 Å². The summed E-state index contributed by atoms with van der Waals surface area (Å²) < 4.78 is 24.7. The van der Waals surface area contributed by atoms with Gasteiger partial charge in [-0.2, -0.15) is 0 Å². The lowest BCUT2D eigenvalue weighted by Gasteiger charge is -2.05. The molecule has 8 heteroatoms. The second-order valence-electron chi connectivity index (χ2n) is 2.55. The first-order chi connectivity index (χ1) is 6.97. The number of halogens is 3. The van der Waals surface area contributed by atoms with Gasteiger partial charge in [-0.1, -0.05) is 11.6 Å². The molecule has 0 radical (unpaired) electrons. The van der Waals surface area contributed by atoms with Gasteiger partial charge >= 0.3 is 5.69 Å². The lowest BCUT2D eigenvalue weighted by Crippen LogP contribution is -2.02. The van der Waals surface area contributed by atoms with Crippen LogP contribution in [0.15, 0.2) is 6.07 Å². The van der Waals surface area contributed by atoms with Crippen LogP contribution in [-0.4, -0.2) is 15.0 Å². The molecule has 0 aliphatic rings. The summed E-state index contributed by atoms with van der Waals surface area (Å²) in [6.07, 6.45) is -2.95. The minimum absolute atomic E-state index is 0.361. The van der Waals surface area contributed by atoms with E-state index in [0.717, 1.165) is 0 Å². The summed E-state index contributed by atoms with van der Waals surface area (Å²) in [4.78, 5) is 12.8. The Morgan fingerprint density at radius 2 is 2.27 bits per heavy atom. The summed E-state index contributed by atoms with van der Waals surface area (Å²) in [6.45, 7) is -0.753. The molecule has 0 amide bonds. The second-order valence-corrected chi connectivity index (χ2v) is 2.91. The Morgan fingerprint density at radius 1 is 1.67 bits per heavy atom. The molecule has 15 heavy (non-hydrogen) atoms. The fraction of sp³-hybridized carbons (Fsp3) is 0.286. The maximum absolute atomic E-state index is 12.4. The van der Waals surface area contributed by atoms with Crippen LogP contribution < -0.4 is 0 Å². The number of hydrogen-bond donors (Lipinski definition) is 1. The molecule has 1 N–H and O–H groups in total. The van der Waals surface area contributed by atoms with Gasteiger partial charge in [0.2, 0.25) is 5.15 Å². The smallest absolute Gasteiger partial charge is 0.306 e. The molecular weight excluding hydrogens is 234 g/mol. The van der Waals surface area contributed by atoms with Crippen molar-refractivity contribution in [1.29, 1.82) is 0 Å². The van der Waals surface area contributed by atoms with Crippen LogP contribution in [0.2, 0.25) is 5.15 Å². The molecule has 0 bridgehead atoms. The van der Waals surface area contributed by atoms with Crippen LogP contribution in [0.5, 0.6) is 0 Å². The van der Waals surface area contributed by atoms with Crippen molar-refractivity contribution in [2.24, 2.45) is 0 Å². The number of hydrogen-bond acceptors (Lipinski definition) is 4. The van der Waals surface area contributed by atoms with Gasteiger partial charge in [0.1, 0.15) is 0 Å². The third kappa shape index (κ3) is 2.37. The van der Waals surface area contributed by atoms with Crippen LogP contribution >= 0.6 is 11.6 Å². The quantitative estimate of drug-likeness (QED) is 0.497. The Hall–Kier alpha value is -1.34. The zero-order valence-electron chi connectivity index (χ0n) is 7.15. The highest BCUT2D eigenvalue weighted by atomic mass is 35.5. The zero-order chi connectivity index (χ0) is 11.6. The van der Waals surface area contributed by atoms with Crippen molar-refractivity contribution in [3.63, 3.8) is 0 Å². The molecule has 0 saturated heterocycles. The Kier molecular flexibility index (Phi) is 3.48. The molecule has 1 rings (SSSR count). The van der Waals surface area contributed by atoms with E-state index in [-0.39, 0.29) is 5.69 Å². The molecule has 1 heterocycles. The number of pyridine rings is 1. The largest absolute Gasteiger partial charge is 0.390 e. The number of aliphatic hydroxyl groups is 1. The fourth-order valence-electron chi connectivity index (χ4n) is 0.974. The maximum Gasteiger partial charge on any atom is 0.306 e. The van der Waals surface area contributed by atoms with Gasteiger partial charge in [0.25, 0.3) is 6.43 Å². The van der Waals surface area contributed by atoms with Crippen LogP contribution in [0.3, 0.4) is 0 Å². The fourth-order valence-corrected chi connectivity index (χ4v) is 1.20. The summed E-state index contributed by atoms with van der Waals surface area (Å²) in [5, 5.41) is 18.5. The number of nitro groups is 1. The number of aromatic nitrogens is 1. The molecule has 0 spiro atoms. The molecule has 1 aromatic rings. The predicted molar refractivity (Wildman–Crippen MR) is 46.8 cm³/mol. The van der Waals surface area contributed by atoms with Crippen molar-refractivity contribution in [2.75, 3.05) is 0 Å². The minimum Gasteiger partial charge on any atom is -0.390 e. The van der Waals surface area contributed by atoms with Crippen LogP contribution in [0.4, 0.5) is 14.5 Å². The molecule has 82 valence electrons. The first-order valence-corrected chi connectivity index (χ1v) is 4.08. The highest BCUT2D eigenvalue weighted by molar-refractivity contribution is 6.31. The Balaban J connectivity index is 3.37. The van der Waals surface area contributed by atoms with Crippen LogP contribution in [0.1, 0.15) is 17.7 Å². The molecule has 0 fully saturated rings. The molecule has 1 aromatic heterocycles. The van der Waals surface area contributed by atoms with E-state index in [0.29, 0.717) is 6.07 Å². The normalized spacial score (nSPS) is 10.7. The molecule has 0 aliphatic heterocycles. The van der Waals surface area contributed by atoms with Gasteiger partial charge in [0.05, 0.1) is 17.2 Å². The number of alkyl halides is 2. The van der Waals surface area contributed by atoms with Crippen molar-refractivity contribution in [3.8, 4) is 0 Å². The Labute approximate surface area is 87.5 Å². The molecule has 0 saturated carbocycles. The van der Waals surface area contributed by atoms with Crippen molar-refractivity contribution in [1.82, 2.24) is 4.98 Å². The first-order valence-electron chi connectivity index (χ1n) is 3.70. The summed E-state index contributed by atoms with van der Waals surface area (Å²) >= 11 is 5.37. The van der Waals surface area contributed by atoms with Crippen LogP contribution in [0.25, 0.3) is 0 Å². The van der Waals surface area contributed by atoms with Crippen LogP contribution in [0, 0.1) is 10.1 Å². The average molecular weight is 239 g/mol. The monoisotopic (exact) mass is 238 g/mol. The van der Waals surface area contributed by atoms with Crippen molar-refractivity contribution < 1.29 is 18.8 Å². The summed E-state index contributed by atoms with van der Waals surface area (Å²) in [7, 11) is 0. The average Bonchev–Trinajstić information content (AvgIpc) is 2.16. The SMILES string of the molecule is O=[N+]([O-])c1cc(C(F)F)c(CO)nc1Cl. The van der Waals surface area contributed by atoms with E-state index in [1.165, 1.54) is 0 Å².